The molecule has 2 unspecified atom stereocenters. The Bertz CT molecular complexity index is 211. The molecule has 0 radical (unpaired) electrons. The van der Waals surface area contributed by atoms with E-state index in [0.717, 1.165) is 17.9 Å². The molecule has 94 valence electrons. The highest BCUT2D eigenvalue weighted by Crippen LogP contribution is 2.32. The summed E-state index contributed by atoms with van der Waals surface area (Å²) in [5.74, 6) is 1.75. The molecule has 0 aromatic heterocycles. The van der Waals surface area contributed by atoms with Gasteiger partial charge in [-0.05, 0) is 51.1 Å². The Morgan fingerprint density at radius 2 is 1.88 bits per heavy atom. The maximum Gasteiger partial charge on any atom is 0.0218 e. The van der Waals surface area contributed by atoms with Crippen LogP contribution in [0.4, 0.5) is 0 Å². The first-order chi connectivity index (χ1) is 7.68. The van der Waals surface area contributed by atoms with E-state index in [2.05, 4.69) is 31.0 Å². The first kappa shape index (κ1) is 12.4. The summed E-state index contributed by atoms with van der Waals surface area (Å²) in [7, 11) is 0. The Hall–Kier alpha value is -0.0800. The average Bonchev–Trinajstić information content (AvgIpc) is 2.39. The third kappa shape index (κ3) is 2.78. The highest BCUT2D eigenvalue weighted by molar-refractivity contribution is 4.86. The lowest BCUT2D eigenvalue weighted by Crippen LogP contribution is -2.47. The van der Waals surface area contributed by atoms with E-state index in [1.165, 1.54) is 45.3 Å². The van der Waals surface area contributed by atoms with Crippen molar-refractivity contribution in [2.75, 3.05) is 19.6 Å². The Morgan fingerprint density at radius 3 is 2.44 bits per heavy atom. The van der Waals surface area contributed by atoms with Gasteiger partial charge in [-0.2, -0.15) is 0 Å². The molecule has 1 heterocycles. The fourth-order valence-corrected chi connectivity index (χ4v) is 3.01. The first-order valence-corrected chi connectivity index (χ1v) is 7.16. The molecule has 0 spiro atoms. The molecule has 0 aromatic rings. The van der Waals surface area contributed by atoms with Crippen molar-refractivity contribution in [2.24, 2.45) is 11.8 Å². The van der Waals surface area contributed by atoms with Gasteiger partial charge in [-0.1, -0.05) is 20.3 Å². The van der Waals surface area contributed by atoms with E-state index in [-0.39, 0.29) is 0 Å². The molecule has 1 saturated carbocycles. The molecule has 2 heteroatoms. The van der Waals surface area contributed by atoms with Crippen molar-refractivity contribution in [3.05, 3.63) is 0 Å². The van der Waals surface area contributed by atoms with Crippen molar-refractivity contribution in [1.29, 1.82) is 0 Å². The molecular formula is C14H28N2. The molecule has 2 aliphatic rings. The van der Waals surface area contributed by atoms with Crippen LogP contribution in [0.3, 0.4) is 0 Å². The minimum atomic E-state index is 0.699. The molecule has 1 saturated heterocycles. The zero-order valence-electron chi connectivity index (χ0n) is 11.2. The van der Waals surface area contributed by atoms with Crippen LogP contribution in [0, 0.1) is 11.8 Å². The largest absolute Gasteiger partial charge is 0.312 e. The Morgan fingerprint density at radius 1 is 1.12 bits per heavy atom. The van der Waals surface area contributed by atoms with Crippen molar-refractivity contribution >= 4 is 0 Å². The predicted molar refractivity (Wildman–Crippen MR) is 69.6 cm³/mol. The number of rotatable bonds is 3. The monoisotopic (exact) mass is 224 g/mol. The van der Waals surface area contributed by atoms with Crippen LogP contribution >= 0.6 is 0 Å². The first-order valence-electron chi connectivity index (χ1n) is 7.16. The van der Waals surface area contributed by atoms with E-state index in [0.29, 0.717) is 6.04 Å². The zero-order valence-corrected chi connectivity index (χ0v) is 11.2. The molecule has 2 fully saturated rings. The Balaban J connectivity index is 1.91. The summed E-state index contributed by atoms with van der Waals surface area (Å²) >= 11 is 0. The van der Waals surface area contributed by atoms with Crippen molar-refractivity contribution in [3.8, 4) is 0 Å². The van der Waals surface area contributed by atoms with Gasteiger partial charge in [0, 0.05) is 18.6 Å². The SMILES string of the molecule is CC(C)C1CN(C(C)C2CCC2)CCCN1. The van der Waals surface area contributed by atoms with Crippen LogP contribution in [0.25, 0.3) is 0 Å². The second-order valence-electron chi connectivity index (χ2n) is 6.08. The molecule has 2 nitrogen and oxygen atoms in total. The molecule has 16 heavy (non-hydrogen) atoms. The number of hydrogen-bond acceptors (Lipinski definition) is 2. The lowest BCUT2D eigenvalue weighted by Gasteiger charge is -2.40. The van der Waals surface area contributed by atoms with Gasteiger partial charge in [0.05, 0.1) is 0 Å². The summed E-state index contributed by atoms with van der Waals surface area (Å²) in [5.41, 5.74) is 0. The molecule has 0 bridgehead atoms. The third-order valence-corrected chi connectivity index (χ3v) is 4.67. The van der Waals surface area contributed by atoms with Crippen LogP contribution < -0.4 is 5.32 Å². The summed E-state index contributed by atoms with van der Waals surface area (Å²) in [5, 5.41) is 3.70. The van der Waals surface area contributed by atoms with E-state index in [4.69, 9.17) is 0 Å². The predicted octanol–water partition coefficient (Wildman–Crippen LogP) is 2.49. The average molecular weight is 224 g/mol. The summed E-state index contributed by atoms with van der Waals surface area (Å²) in [6.45, 7) is 10.9. The van der Waals surface area contributed by atoms with Crippen molar-refractivity contribution in [3.63, 3.8) is 0 Å². The maximum absolute atomic E-state index is 3.70. The van der Waals surface area contributed by atoms with Crippen LogP contribution in [0.15, 0.2) is 0 Å². The van der Waals surface area contributed by atoms with E-state index in [1.807, 2.05) is 0 Å². The van der Waals surface area contributed by atoms with Gasteiger partial charge in [0.2, 0.25) is 0 Å². The fraction of sp³-hybridized carbons (Fsp3) is 1.00. The van der Waals surface area contributed by atoms with Crippen LogP contribution in [-0.2, 0) is 0 Å². The normalized spacial score (nSPS) is 31.1. The van der Waals surface area contributed by atoms with Crippen LogP contribution in [0.1, 0.15) is 46.5 Å². The van der Waals surface area contributed by atoms with Gasteiger partial charge in [-0.25, -0.2) is 0 Å². The van der Waals surface area contributed by atoms with E-state index >= 15 is 0 Å². The number of nitrogens with one attached hydrogen (secondary N) is 1. The second-order valence-corrected chi connectivity index (χ2v) is 6.08. The van der Waals surface area contributed by atoms with Gasteiger partial charge >= 0.3 is 0 Å². The Kier molecular flexibility index (Phi) is 4.26. The fourth-order valence-electron chi connectivity index (χ4n) is 3.01. The highest BCUT2D eigenvalue weighted by Gasteiger charge is 2.30. The molecule has 2 rings (SSSR count). The van der Waals surface area contributed by atoms with Gasteiger partial charge in [-0.15, -0.1) is 0 Å². The minimum Gasteiger partial charge on any atom is -0.312 e. The van der Waals surface area contributed by atoms with Gasteiger partial charge in [0.15, 0.2) is 0 Å². The summed E-state index contributed by atoms with van der Waals surface area (Å²) < 4.78 is 0. The lowest BCUT2D eigenvalue weighted by atomic mass is 9.79. The minimum absolute atomic E-state index is 0.699. The molecule has 0 amide bonds. The van der Waals surface area contributed by atoms with Gasteiger partial charge in [0.1, 0.15) is 0 Å². The van der Waals surface area contributed by atoms with Crippen LogP contribution in [-0.4, -0.2) is 36.6 Å². The number of nitrogens with zero attached hydrogens (tertiary/aromatic N) is 1. The smallest absolute Gasteiger partial charge is 0.0218 e. The molecule has 2 atom stereocenters. The van der Waals surface area contributed by atoms with Gasteiger partial charge < -0.3 is 5.32 Å². The molecule has 0 aromatic carbocycles. The molecule has 1 aliphatic carbocycles. The molecule has 1 aliphatic heterocycles. The number of hydrogen-bond donors (Lipinski definition) is 1. The van der Waals surface area contributed by atoms with Crippen molar-refractivity contribution in [1.82, 2.24) is 10.2 Å². The van der Waals surface area contributed by atoms with Gasteiger partial charge in [-0.3, -0.25) is 4.90 Å². The second kappa shape index (κ2) is 5.50. The van der Waals surface area contributed by atoms with Crippen LogP contribution in [0.5, 0.6) is 0 Å². The topological polar surface area (TPSA) is 15.3 Å². The molecule has 1 N–H and O–H groups in total. The van der Waals surface area contributed by atoms with Crippen molar-refractivity contribution in [2.45, 2.75) is 58.5 Å². The quantitative estimate of drug-likeness (QED) is 0.792. The van der Waals surface area contributed by atoms with Crippen molar-refractivity contribution < 1.29 is 0 Å². The van der Waals surface area contributed by atoms with Gasteiger partial charge in [0.25, 0.3) is 0 Å². The maximum atomic E-state index is 3.70. The van der Waals surface area contributed by atoms with Crippen LogP contribution in [0.2, 0.25) is 0 Å². The molecular weight excluding hydrogens is 196 g/mol. The van der Waals surface area contributed by atoms with E-state index in [1.54, 1.807) is 0 Å². The van der Waals surface area contributed by atoms with E-state index in [9.17, 15) is 0 Å². The third-order valence-electron chi connectivity index (χ3n) is 4.67. The standard InChI is InChI=1S/C14H28N2/c1-11(2)14-10-16(9-5-8-15-14)12(3)13-6-4-7-13/h11-15H,4-10H2,1-3H3. The summed E-state index contributed by atoms with van der Waals surface area (Å²) in [6, 6.07) is 1.51. The highest BCUT2D eigenvalue weighted by atomic mass is 15.2. The van der Waals surface area contributed by atoms with E-state index < -0.39 is 0 Å². The Labute approximate surface area is 101 Å². The zero-order chi connectivity index (χ0) is 11.5. The lowest BCUT2D eigenvalue weighted by molar-refractivity contribution is 0.101. The summed E-state index contributed by atoms with van der Waals surface area (Å²) in [4.78, 5) is 2.74. The summed E-state index contributed by atoms with van der Waals surface area (Å²) in [6.07, 6.45) is 5.73.